The van der Waals surface area contributed by atoms with Crippen LogP contribution in [-0.4, -0.2) is 99.6 Å². The lowest BCUT2D eigenvalue weighted by atomic mass is 9.99. The third kappa shape index (κ3) is 47.0. The van der Waals surface area contributed by atoms with Crippen LogP contribution in [-0.2, 0) is 23.8 Å². The lowest BCUT2D eigenvalue weighted by molar-refractivity contribution is -0.305. The molecule has 84 heavy (non-hydrogen) atoms. The second kappa shape index (κ2) is 60.1. The minimum absolute atomic E-state index is 0.123. The van der Waals surface area contributed by atoms with Gasteiger partial charge in [-0.3, -0.25) is 9.59 Å². The number of rotatable bonds is 59. The SMILES string of the molecule is CC/C=C\C/C=C\C/C=C\C/C=C\C/C=C\C/C=C\CCCCCCCC(O)C(=O)NC(COC1OC(CO)C(O)C(O)C1OC(=O)CCCCCCCCCCCCCCCCCCCCC)C(O)/C=C/CCCCCCCCCCCC. The first kappa shape index (κ1) is 78.9. The van der Waals surface area contributed by atoms with Crippen molar-refractivity contribution in [3.63, 3.8) is 0 Å². The lowest BCUT2D eigenvalue weighted by Crippen LogP contribution is -2.61. The summed E-state index contributed by atoms with van der Waals surface area (Å²) in [4.78, 5) is 26.7. The van der Waals surface area contributed by atoms with E-state index < -0.39 is 67.4 Å². The summed E-state index contributed by atoms with van der Waals surface area (Å²) >= 11 is 0. The zero-order valence-electron chi connectivity index (χ0n) is 54.0. The maximum atomic E-state index is 13.5. The van der Waals surface area contributed by atoms with Crippen molar-refractivity contribution >= 4 is 11.9 Å². The minimum Gasteiger partial charge on any atom is -0.454 e. The molecular weight excluding hydrogens is 1050 g/mol. The Bertz CT molecular complexity index is 1690. The Morgan fingerprint density at radius 2 is 0.857 bits per heavy atom. The summed E-state index contributed by atoms with van der Waals surface area (Å²) in [6.07, 6.45) is 69.0. The molecule has 0 spiro atoms. The molecule has 1 rings (SSSR count). The Hall–Kier alpha value is -3.16. The van der Waals surface area contributed by atoms with Crippen molar-refractivity contribution in [1.82, 2.24) is 5.32 Å². The van der Waals surface area contributed by atoms with Gasteiger partial charge in [0.2, 0.25) is 5.91 Å². The average Bonchev–Trinajstić information content (AvgIpc) is 3.54. The van der Waals surface area contributed by atoms with Crippen LogP contribution in [0.4, 0.5) is 0 Å². The first-order valence-electron chi connectivity index (χ1n) is 34.9. The highest BCUT2D eigenvalue weighted by atomic mass is 16.7. The molecular formula is C73H129NO10. The molecule has 0 aromatic rings. The van der Waals surface area contributed by atoms with Gasteiger partial charge in [0.1, 0.15) is 24.4 Å². The molecule has 0 aliphatic carbocycles. The van der Waals surface area contributed by atoms with Gasteiger partial charge in [0, 0.05) is 6.42 Å². The van der Waals surface area contributed by atoms with Gasteiger partial charge in [0.25, 0.3) is 0 Å². The minimum atomic E-state index is -1.62. The topological polar surface area (TPSA) is 175 Å². The number of ether oxygens (including phenoxy) is 3. The molecule has 1 aliphatic heterocycles. The van der Waals surface area contributed by atoms with Crippen LogP contribution in [0.25, 0.3) is 0 Å². The summed E-state index contributed by atoms with van der Waals surface area (Å²) < 4.78 is 17.7. The largest absolute Gasteiger partial charge is 0.454 e. The molecule has 1 saturated heterocycles. The van der Waals surface area contributed by atoms with Gasteiger partial charge in [-0.2, -0.15) is 0 Å². The van der Waals surface area contributed by atoms with Crippen molar-refractivity contribution in [3.8, 4) is 0 Å². The van der Waals surface area contributed by atoms with E-state index in [0.29, 0.717) is 12.8 Å². The van der Waals surface area contributed by atoms with Crippen LogP contribution in [0.2, 0.25) is 0 Å². The number of aliphatic hydroxyl groups is 5. The van der Waals surface area contributed by atoms with Crippen LogP contribution < -0.4 is 5.32 Å². The molecule has 8 atom stereocenters. The van der Waals surface area contributed by atoms with E-state index in [0.717, 1.165) is 109 Å². The molecule has 0 aromatic carbocycles. The fraction of sp³-hybridized carbons (Fsp3) is 0.781. The highest BCUT2D eigenvalue weighted by Gasteiger charge is 2.47. The van der Waals surface area contributed by atoms with Crippen LogP contribution in [0.1, 0.15) is 303 Å². The first-order chi connectivity index (χ1) is 41.2. The highest BCUT2D eigenvalue weighted by Crippen LogP contribution is 2.26. The number of unbranched alkanes of at least 4 members (excludes halogenated alkanes) is 33. The molecule has 1 fully saturated rings. The number of carbonyl (C=O) groups is 2. The molecule has 8 unspecified atom stereocenters. The maximum Gasteiger partial charge on any atom is 0.306 e. The average molecular weight is 1180 g/mol. The Balaban J connectivity index is 2.61. The Morgan fingerprint density at radius 1 is 0.476 bits per heavy atom. The fourth-order valence-corrected chi connectivity index (χ4v) is 10.6. The number of hydrogen-bond donors (Lipinski definition) is 6. The molecule has 6 N–H and O–H groups in total. The summed E-state index contributed by atoms with van der Waals surface area (Å²) in [6, 6.07) is -1.04. The fourth-order valence-electron chi connectivity index (χ4n) is 10.6. The standard InChI is InChI=1S/C73H129NO10/c1-4-7-10-13-16-19-22-25-27-29-31-32-33-34-35-37-38-40-42-45-48-51-54-57-60-66(77)72(81)74-64(65(76)59-56-53-50-47-44-24-21-18-15-12-9-6-3)63-82-73-71(70(80)69(79)67(62-75)83-73)84-68(78)61-58-55-52-49-46-43-41-39-36-30-28-26-23-20-17-14-11-8-5-2/h7,10,16,19,25,27,31-32,34-35,38,40,56,59,64-67,69-71,73,75-77,79-80H,4-6,8-9,11-15,17-18,20-24,26,28-30,33,36-37,39,41-55,57-58,60-63H2,1-3H3,(H,74,81)/b10-7-,19-16-,27-25-,32-31-,35-34-,40-38-,59-56+. The number of carbonyl (C=O) groups excluding carboxylic acids is 2. The first-order valence-corrected chi connectivity index (χ1v) is 34.9. The molecule has 1 aliphatic rings. The molecule has 486 valence electrons. The molecule has 0 saturated carbocycles. The van der Waals surface area contributed by atoms with Crippen LogP contribution in [0.15, 0.2) is 85.1 Å². The normalized spacial score (nSPS) is 19.0. The third-order valence-corrected chi connectivity index (χ3v) is 16.1. The molecule has 1 heterocycles. The summed E-state index contributed by atoms with van der Waals surface area (Å²) in [5, 5.41) is 57.2. The van der Waals surface area contributed by atoms with Gasteiger partial charge in [0.15, 0.2) is 12.4 Å². The Labute approximate surface area is 514 Å². The van der Waals surface area contributed by atoms with E-state index in [9.17, 15) is 35.1 Å². The molecule has 0 aromatic heterocycles. The van der Waals surface area contributed by atoms with Crippen molar-refractivity contribution in [2.45, 2.75) is 352 Å². The number of aliphatic hydroxyl groups excluding tert-OH is 5. The summed E-state index contributed by atoms with van der Waals surface area (Å²) in [7, 11) is 0. The quantitative estimate of drug-likeness (QED) is 0.0195. The van der Waals surface area contributed by atoms with Gasteiger partial charge in [-0.15, -0.1) is 0 Å². The third-order valence-electron chi connectivity index (χ3n) is 16.1. The van der Waals surface area contributed by atoms with E-state index in [1.807, 2.05) is 6.08 Å². The molecule has 0 bridgehead atoms. The summed E-state index contributed by atoms with van der Waals surface area (Å²) in [5.74, 6) is -1.20. The Kier molecular flexibility index (Phi) is 56.5. The number of amides is 1. The van der Waals surface area contributed by atoms with E-state index in [1.54, 1.807) is 6.08 Å². The van der Waals surface area contributed by atoms with Crippen LogP contribution >= 0.6 is 0 Å². The van der Waals surface area contributed by atoms with E-state index in [-0.39, 0.29) is 19.4 Å². The molecule has 0 radical (unpaired) electrons. The maximum absolute atomic E-state index is 13.5. The Morgan fingerprint density at radius 3 is 1.29 bits per heavy atom. The van der Waals surface area contributed by atoms with Gasteiger partial charge < -0.3 is 45.1 Å². The number of nitrogens with one attached hydrogen (secondary N) is 1. The van der Waals surface area contributed by atoms with Gasteiger partial charge in [-0.05, 0) is 77.0 Å². The van der Waals surface area contributed by atoms with Crippen LogP contribution in [0, 0.1) is 0 Å². The van der Waals surface area contributed by atoms with Crippen molar-refractivity contribution in [2.24, 2.45) is 0 Å². The predicted octanol–water partition coefficient (Wildman–Crippen LogP) is 17.7. The van der Waals surface area contributed by atoms with E-state index in [2.05, 4.69) is 99.0 Å². The second-order valence-corrected chi connectivity index (χ2v) is 23.9. The van der Waals surface area contributed by atoms with E-state index in [1.165, 1.54) is 148 Å². The van der Waals surface area contributed by atoms with Gasteiger partial charge >= 0.3 is 5.97 Å². The van der Waals surface area contributed by atoms with Crippen molar-refractivity contribution in [3.05, 3.63) is 85.1 Å². The number of allylic oxidation sites excluding steroid dienone is 13. The molecule has 11 nitrogen and oxygen atoms in total. The monoisotopic (exact) mass is 1180 g/mol. The van der Waals surface area contributed by atoms with Gasteiger partial charge in [0.05, 0.1) is 25.4 Å². The lowest BCUT2D eigenvalue weighted by Gasteiger charge is -2.41. The van der Waals surface area contributed by atoms with Crippen molar-refractivity contribution < 1.29 is 49.3 Å². The van der Waals surface area contributed by atoms with Crippen LogP contribution in [0.3, 0.4) is 0 Å². The number of hydrogen-bond acceptors (Lipinski definition) is 10. The predicted molar refractivity (Wildman–Crippen MR) is 352 cm³/mol. The van der Waals surface area contributed by atoms with Gasteiger partial charge in [-0.1, -0.05) is 305 Å². The second-order valence-electron chi connectivity index (χ2n) is 23.9. The smallest absolute Gasteiger partial charge is 0.306 e. The van der Waals surface area contributed by atoms with Crippen molar-refractivity contribution in [1.29, 1.82) is 0 Å². The van der Waals surface area contributed by atoms with Crippen molar-refractivity contribution in [2.75, 3.05) is 13.2 Å². The number of esters is 1. The molecule has 11 heteroatoms. The summed E-state index contributed by atoms with van der Waals surface area (Å²) in [6.45, 7) is 5.70. The summed E-state index contributed by atoms with van der Waals surface area (Å²) in [5.41, 5.74) is 0. The van der Waals surface area contributed by atoms with E-state index in [4.69, 9.17) is 14.2 Å². The highest BCUT2D eigenvalue weighted by molar-refractivity contribution is 5.80. The van der Waals surface area contributed by atoms with Gasteiger partial charge in [-0.25, -0.2) is 0 Å². The zero-order valence-corrected chi connectivity index (χ0v) is 54.0. The van der Waals surface area contributed by atoms with E-state index >= 15 is 0 Å². The zero-order chi connectivity index (χ0) is 61.0. The molecule has 1 amide bonds. The van der Waals surface area contributed by atoms with Crippen LogP contribution in [0.5, 0.6) is 0 Å².